The van der Waals surface area contributed by atoms with Gasteiger partial charge in [-0.05, 0) is 49.4 Å². The van der Waals surface area contributed by atoms with Crippen LogP contribution in [-0.4, -0.2) is 55.1 Å². The maximum atomic E-state index is 9.59. The molecule has 1 N–H and O–H groups in total. The van der Waals surface area contributed by atoms with E-state index < -0.39 is 0 Å². The van der Waals surface area contributed by atoms with Crippen LogP contribution in [0.3, 0.4) is 0 Å². The first-order valence-electron chi connectivity index (χ1n) is 8.08. The molecule has 0 radical (unpaired) electrons. The zero-order valence-electron chi connectivity index (χ0n) is 13.7. The fraction of sp³-hybridized carbons (Fsp3) is 0.647. The van der Waals surface area contributed by atoms with Gasteiger partial charge in [-0.15, -0.1) is 0 Å². The summed E-state index contributed by atoms with van der Waals surface area (Å²) in [4.78, 5) is 0. The second kappa shape index (κ2) is 6.44. The first-order chi connectivity index (χ1) is 10.7. The molecule has 0 spiro atoms. The summed E-state index contributed by atoms with van der Waals surface area (Å²) < 4.78 is 10.9. The number of aliphatic hydroxyl groups is 1. The molecule has 1 aromatic carbocycles. The van der Waals surface area contributed by atoms with Crippen LogP contribution in [0.1, 0.15) is 36.9 Å². The maximum Gasteiger partial charge on any atom is 0.161 e. The van der Waals surface area contributed by atoms with Crippen LogP contribution >= 0.6 is 0 Å². The van der Waals surface area contributed by atoms with Crippen LogP contribution in [0.5, 0.6) is 11.5 Å². The highest BCUT2D eigenvalue weighted by Crippen LogP contribution is 2.39. The second-order valence-corrected chi connectivity index (χ2v) is 6.14. The maximum absolute atomic E-state index is 9.59. The molecule has 0 aromatic heterocycles. The Morgan fingerprint density at radius 1 is 1.14 bits per heavy atom. The van der Waals surface area contributed by atoms with E-state index in [0.29, 0.717) is 0 Å². The average molecular weight is 306 g/mol. The number of hydrogen-bond acceptors (Lipinski definition) is 5. The van der Waals surface area contributed by atoms with E-state index in [1.165, 1.54) is 11.1 Å². The Labute approximate surface area is 132 Å². The van der Waals surface area contributed by atoms with E-state index >= 15 is 0 Å². The van der Waals surface area contributed by atoms with Gasteiger partial charge in [-0.2, -0.15) is 0 Å². The predicted molar refractivity (Wildman–Crippen MR) is 85.2 cm³/mol. The molecule has 5 heteroatoms. The molecule has 5 nitrogen and oxygen atoms in total. The molecule has 1 saturated heterocycles. The zero-order chi connectivity index (χ0) is 15.7. The van der Waals surface area contributed by atoms with E-state index in [1.807, 2.05) is 0 Å². The molecule has 0 aliphatic carbocycles. The molecule has 2 aliphatic rings. The molecule has 3 rings (SSSR count). The zero-order valence-corrected chi connectivity index (χ0v) is 13.7. The summed E-state index contributed by atoms with van der Waals surface area (Å²) >= 11 is 0. The number of ether oxygens (including phenoxy) is 2. The first-order valence-corrected chi connectivity index (χ1v) is 8.08. The number of hydrazine groups is 1. The van der Waals surface area contributed by atoms with Crippen molar-refractivity contribution in [3.63, 3.8) is 0 Å². The lowest BCUT2D eigenvalue weighted by molar-refractivity contribution is -0.0829. The van der Waals surface area contributed by atoms with E-state index in [-0.39, 0.29) is 18.7 Å². The van der Waals surface area contributed by atoms with Crippen molar-refractivity contribution in [3.8, 4) is 11.5 Å². The minimum Gasteiger partial charge on any atom is -0.493 e. The summed E-state index contributed by atoms with van der Waals surface area (Å²) in [5.74, 6) is 1.59. The van der Waals surface area contributed by atoms with Gasteiger partial charge in [-0.25, -0.2) is 10.0 Å². The highest BCUT2D eigenvalue weighted by Gasteiger charge is 2.35. The summed E-state index contributed by atoms with van der Waals surface area (Å²) in [6.45, 7) is 4.50. The summed E-state index contributed by atoms with van der Waals surface area (Å²) in [7, 11) is 3.36. The monoisotopic (exact) mass is 306 g/mol. The van der Waals surface area contributed by atoms with Gasteiger partial charge < -0.3 is 14.6 Å². The molecular formula is C17H26N2O3. The number of nitrogens with zero attached hydrogens (tertiary/aromatic N) is 2. The summed E-state index contributed by atoms with van der Waals surface area (Å²) in [6, 6.07) is 4.77. The Bertz CT molecular complexity index is 535. The van der Waals surface area contributed by atoms with Gasteiger partial charge in [0, 0.05) is 25.2 Å². The third-order valence-corrected chi connectivity index (χ3v) is 5.04. The lowest BCUT2D eigenvalue weighted by Gasteiger charge is -2.43. The lowest BCUT2D eigenvalue weighted by atomic mass is 9.93. The highest BCUT2D eigenvalue weighted by atomic mass is 16.5. The normalized spacial score (nSPS) is 26.0. The minimum atomic E-state index is 0.238. The number of fused-ring (bicyclic) bond motifs is 1. The number of benzene rings is 1. The van der Waals surface area contributed by atoms with Crippen molar-refractivity contribution < 1.29 is 14.6 Å². The molecule has 2 aliphatic heterocycles. The van der Waals surface area contributed by atoms with E-state index in [2.05, 4.69) is 29.1 Å². The Kier molecular flexibility index (Phi) is 4.57. The largest absolute Gasteiger partial charge is 0.493 e. The van der Waals surface area contributed by atoms with E-state index in [9.17, 15) is 5.11 Å². The van der Waals surface area contributed by atoms with Gasteiger partial charge in [0.05, 0.1) is 20.8 Å². The fourth-order valence-electron chi connectivity index (χ4n) is 3.83. The van der Waals surface area contributed by atoms with Gasteiger partial charge in [0.1, 0.15) is 0 Å². The van der Waals surface area contributed by atoms with Crippen molar-refractivity contribution in [3.05, 3.63) is 23.3 Å². The third kappa shape index (κ3) is 2.57. The average Bonchev–Trinajstić information content (AvgIpc) is 3.02. The van der Waals surface area contributed by atoms with Crippen molar-refractivity contribution in [1.29, 1.82) is 0 Å². The Hall–Kier alpha value is -1.30. The number of rotatable bonds is 4. The molecule has 2 atom stereocenters. The Morgan fingerprint density at radius 3 is 2.55 bits per heavy atom. The van der Waals surface area contributed by atoms with Crippen LogP contribution < -0.4 is 9.47 Å². The van der Waals surface area contributed by atoms with Gasteiger partial charge >= 0.3 is 0 Å². The van der Waals surface area contributed by atoms with Gasteiger partial charge in [-0.1, -0.05) is 0 Å². The second-order valence-electron chi connectivity index (χ2n) is 6.14. The molecule has 2 heterocycles. The molecule has 122 valence electrons. The smallest absolute Gasteiger partial charge is 0.161 e. The summed E-state index contributed by atoms with van der Waals surface area (Å²) in [5, 5.41) is 14.4. The number of aliphatic hydroxyl groups excluding tert-OH is 1. The molecule has 0 saturated carbocycles. The van der Waals surface area contributed by atoms with Crippen LogP contribution in [0.2, 0.25) is 0 Å². The van der Waals surface area contributed by atoms with Crippen LogP contribution in [0.15, 0.2) is 12.1 Å². The first kappa shape index (κ1) is 15.6. The fourth-order valence-corrected chi connectivity index (χ4v) is 3.83. The van der Waals surface area contributed by atoms with Crippen molar-refractivity contribution >= 4 is 0 Å². The minimum absolute atomic E-state index is 0.238. The van der Waals surface area contributed by atoms with Gasteiger partial charge in [0.25, 0.3) is 0 Å². The standard InChI is InChI=1S/C17H26N2O3/c1-12-15-10-17(22-3)16(21-2)9-13(15)6-8-18(12)19-7-4-5-14(19)11-20/h9-10,12,14,20H,4-8,11H2,1-3H3/t12-,14-/m0/s1. The van der Waals surface area contributed by atoms with E-state index in [0.717, 1.165) is 43.9 Å². The quantitative estimate of drug-likeness (QED) is 0.922. The van der Waals surface area contributed by atoms with Crippen LogP contribution in [0.25, 0.3) is 0 Å². The third-order valence-electron chi connectivity index (χ3n) is 5.04. The molecule has 1 aromatic rings. The van der Waals surface area contributed by atoms with Crippen LogP contribution in [0.4, 0.5) is 0 Å². The van der Waals surface area contributed by atoms with E-state index in [1.54, 1.807) is 14.2 Å². The molecular weight excluding hydrogens is 280 g/mol. The van der Waals surface area contributed by atoms with Crippen LogP contribution in [0, 0.1) is 0 Å². The van der Waals surface area contributed by atoms with Crippen molar-refractivity contribution in [1.82, 2.24) is 10.0 Å². The number of methoxy groups -OCH3 is 2. The van der Waals surface area contributed by atoms with E-state index in [4.69, 9.17) is 9.47 Å². The Balaban J connectivity index is 1.90. The molecule has 1 fully saturated rings. The van der Waals surface area contributed by atoms with Crippen molar-refractivity contribution in [2.24, 2.45) is 0 Å². The summed E-state index contributed by atoms with van der Waals surface area (Å²) in [5.41, 5.74) is 2.63. The summed E-state index contributed by atoms with van der Waals surface area (Å²) in [6.07, 6.45) is 3.24. The number of hydrogen-bond donors (Lipinski definition) is 1. The van der Waals surface area contributed by atoms with Gasteiger partial charge in [0.2, 0.25) is 0 Å². The van der Waals surface area contributed by atoms with Gasteiger partial charge in [-0.3, -0.25) is 0 Å². The molecule has 0 amide bonds. The van der Waals surface area contributed by atoms with Crippen molar-refractivity contribution in [2.45, 2.75) is 38.3 Å². The molecule has 22 heavy (non-hydrogen) atoms. The van der Waals surface area contributed by atoms with Crippen molar-refractivity contribution in [2.75, 3.05) is 33.9 Å². The predicted octanol–water partition coefficient (Wildman–Crippen LogP) is 1.99. The van der Waals surface area contributed by atoms with Crippen LogP contribution in [-0.2, 0) is 6.42 Å². The highest BCUT2D eigenvalue weighted by molar-refractivity contribution is 5.49. The van der Waals surface area contributed by atoms with Gasteiger partial charge in [0.15, 0.2) is 11.5 Å². The lowest BCUT2D eigenvalue weighted by Crippen LogP contribution is -2.50. The topological polar surface area (TPSA) is 45.2 Å². The molecule has 0 bridgehead atoms. The SMILES string of the molecule is COc1cc2c(cc1OC)[C@H](C)N(N1CCC[C@H]1CO)CC2. The molecule has 0 unspecified atom stereocenters. The Morgan fingerprint density at radius 2 is 1.86 bits per heavy atom.